The molecule has 23 heavy (non-hydrogen) atoms. The molecule has 0 fully saturated rings. The first-order valence-corrected chi connectivity index (χ1v) is 6.92. The summed E-state index contributed by atoms with van der Waals surface area (Å²) in [6, 6.07) is 10.6. The summed E-state index contributed by atoms with van der Waals surface area (Å²) in [5, 5.41) is 18.6. The minimum atomic E-state index is -1.68. The molecule has 1 atom stereocenters. The summed E-state index contributed by atoms with van der Waals surface area (Å²) in [6.07, 6.45) is 2.91. The molecule has 1 unspecified atom stereocenters. The Morgan fingerprint density at radius 1 is 1.22 bits per heavy atom. The number of nitrogens with zero attached hydrogens (tertiary/aromatic N) is 2. The second-order valence-electron chi connectivity index (χ2n) is 5.21. The quantitative estimate of drug-likeness (QED) is 0.486. The maximum absolute atomic E-state index is 12.5. The van der Waals surface area contributed by atoms with E-state index in [1.54, 1.807) is 42.5 Å². The number of allylic oxidation sites excluding steroid dienone is 3. The highest BCUT2D eigenvalue weighted by molar-refractivity contribution is 6.21. The van der Waals surface area contributed by atoms with Crippen molar-refractivity contribution in [3.63, 3.8) is 0 Å². The van der Waals surface area contributed by atoms with Gasteiger partial charge in [0.2, 0.25) is 0 Å². The van der Waals surface area contributed by atoms with E-state index in [2.05, 4.69) is 0 Å². The monoisotopic (exact) mass is 306 g/mol. The molecule has 0 radical (unpaired) electrons. The van der Waals surface area contributed by atoms with Crippen LogP contribution < -0.4 is 0 Å². The second kappa shape index (κ2) is 6.29. The molecule has 1 aromatic rings. The van der Waals surface area contributed by atoms with Gasteiger partial charge in [-0.3, -0.25) is 9.59 Å². The summed E-state index contributed by atoms with van der Waals surface area (Å²) in [7, 11) is 1.18. The number of methoxy groups -OCH3 is 1. The molecular formula is C18H14N2O3. The van der Waals surface area contributed by atoms with Crippen molar-refractivity contribution in [3.8, 4) is 12.1 Å². The third kappa shape index (κ3) is 2.54. The molecule has 0 aromatic heterocycles. The van der Waals surface area contributed by atoms with E-state index in [1.807, 2.05) is 6.92 Å². The summed E-state index contributed by atoms with van der Waals surface area (Å²) in [5.74, 6) is -1.26. The van der Waals surface area contributed by atoms with Crippen LogP contribution in [0.2, 0.25) is 0 Å². The molecule has 0 saturated heterocycles. The van der Waals surface area contributed by atoms with E-state index in [4.69, 9.17) is 4.74 Å². The number of esters is 1. The third-order valence-electron chi connectivity index (χ3n) is 3.89. The molecule has 0 aliphatic heterocycles. The van der Waals surface area contributed by atoms with Crippen molar-refractivity contribution in [3.05, 3.63) is 53.1 Å². The minimum absolute atomic E-state index is 0.0641. The molecule has 1 aliphatic rings. The van der Waals surface area contributed by atoms with Crippen molar-refractivity contribution in [2.45, 2.75) is 13.3 Å². The molecule has 2 rings (SSSR count). The van der Waals surface area contributed by atoms with E-state index in [-0.39, 0.29) is 17.6 Å². The first-order chi connectivity index (χ1) is 11.0. The predicted molar refractivity (Wildman–Crippen MR) is 82.5 cm³/mol. The normalized spacial score (nSPS) is 18.9. The van der Waals surface area contributed by atoms with Gasteiger partial charge in [0.05, 0.1) is 7.11 Å². The highest BCUT2D eigenvalue weighted by Gasteiger charge is 2.52. The van der Waals surface area contributed by atoms with Crippen molar-refractivity contribution in [1.82, 2.24) is 0 Å². The molecule has 5 heteroatoms. The smallest absolute Gasteiger partial charge is 0.324 e. The molecule has 1 aliphatic carbocycles. The zero-order valence-electron chi connectivity index (χ0n) is 12.8. The fraction of sp³-hybridized carbons (Fsp3) is 0.222. The molecule has 114 valence electrons. The summed E-state index contributed by atoms with van der Waals surface area (Å²) in [4.78, 5) is 24.9. The lowest BCUT2D eigenvalue weighted by Crippen LogP contribution is -2.38. The topological polar surface area (TPSA) is 90.9 Å². The zero-order chi connectivity index (χ0) is 17.0. The van der Waals surface area contributed by atoms with Gasteiger partial charge in [0.1, 0.15) is 17.7 Å². The van der Waals surface area contributed by atoms with Crippen LogP contribution in [0, 0.1) is 35.0 Å². The van der Waals surface area contributed by atoms with Crippen LogP contribution in [0.5, 0.6) is 0 Å². The van der Waals surface area contributed by atoms with Crippen molar-refractivity contribution >= 4 is 17.3 Å². The van der Waals surface area contributed by atoms with Crippen molar-refractivity contribution < 1.29 is 14.3 Å². The van der Waals surface area contributed by atoms with Gasteiger partial charge in [-0.05, 0) is 25.0 Å². The number of ketones is 1. The second-order valence-corrected chi connectivity index (χ2v) is 5.21. The molecule has 0 amide bonds. The van der Waals surface area contributed by atoms with Gasteiger partial charge >= 0.3 is 5.97 Å². The lowest BCUT2D eigenvalue weighted by molar-refractivity contribution is -0.151. The lowest BCUT2D eigenvalue weighted by atomic mass is 9.72. The van der Waals surface area contributed by atoms with Crippen LogP contribution in [0.15, 0.2) is 42.0 Å². The number of rotatable bonds is 3. The fourth-order valence-electron chi connectivity index (χ4n) is 2.73. The number of hydrogen-bond acceptors (Lipinski definition) is 5. The molecule has 0 bridgehead atoms. The van der Waals surface area contributed by atoms with Gasteiger partial charge in [-0.2, -0.15) is 10.5 Å². The fourth-order valence-corrected chi connectivity index (χ4v) is 2.73. The zero-order valence-corrected chi connectivity index (χ0v) is 12.8. The first kappa shape index (κ1) is 16.2. The molecule has 0 saturated carbocycles. The average Bonchev–Trinajstić information content (AvgIpc) is 2.95. The highest BCUT2D eigenvalue weighted by Crippen LogP contribution is 2.45. The molecule has 0 N–H and O–H groups in total. The Kier molecular flexibility index (Phi) is 4.43. The molecule has 0 heterocycles. The molecule has 5 nitrogen and oxygen atoms in total. The van der Waals surface area contributed by atoms with Gasteiger partial charge < -0.3 is 4.74 Å². The average molecular weight is 306 g/mol. The Morgan fingerprint density at radius 3 is 2.26 bits per heavy atom. The van der Waals surface area contributed by atoms with E-state index in [9.17, 15) is 20.1 Å². The van der Waals surface area contributed by atoms with Crippen LogP contribution in [0.25, 0.3) is 5.57 Å². The Bertz CT molecular complexity index is 788. The SMILES string of the molecule is COC(=O)C1(C(=C(C#N)C#N)c2ccc(C)cc2)CC=CC1=O. The van der Waals surface area contributed by atoms with Gasteiger partial charge in [0.25, 0.3) is 0 Å². The van der Waals surface area contributed by atoms with E-state index in [0.717, 1.165) is 5.56 Å². The lowest BCUT2D eigenvalue weighted by Gasteiger charge is -2.28. The Balaban J connectivity index is 2.82. The van der Waals surface area contributed by atoms with E-state index >= 15 is 0 Å². The Morgan fingerprint density at radius 2 is 1.83 bits per heavy atom. The standard InChI is InChI=1S/C18H14N2O3/c1-12-5-7-13(8-6-12)16(14(10-19)11-20)18(17(22)23-2)9-3-4-15(18)21/h3-8H,9H2,1-2H3. The predicted octanol–water partition coefficient (Wildman–Crippen LogP) is 2.48. The van der Waals surface area contributed by atoms with Gasteiger partial charge in [0.15, 0.2) is 11.2 Å². The van der Waals surface area contributed by atoms with Crippen LogP contribution in [-0.4, -0.2) is 18.9 Å². The molecule has 1 aromatic carbocycles. The van der Waals surface area contributed by atoms with E-state index in [1.165, 1.54) is 13.2 Å². The molecule has 0 spiro atoms. The van der Waals surface area contributed by atoms with Gasteiger partial charge in [-0.25, -0.2) is 0 Å². The van der Waals surface area contributed by atoms with Gasteiger partial charge in [-0.15, -0.1) is 0 Å². The maximum atomic E-state index is 12.5. The number of carbonyl (C=O) groups excluding carboxylic acids is 2. The van der Waals surface area contributed by atoms with Crippen molar-refractivity contribution in [2.75, 3.05) is 7.11 Å². The van der Waals surface area contributed by atoms with Crippen molar-refractivity contribution in [2.24, 2.45) is 5.41 Å². The number of aryl methyl sites for hydroxylation is 1. The number of nitriles is 2. The number of carbonyl (C=O) groups is 2. The summed E-state index contributed by atoms with van der Waals surface area (Å²) >= 11 is 0. The summed E-state index contributed by atoms with van der Waals surface area (Å²) < 4.78 is 4.82. The van der Waals surface area contributed by atoms with Gasteiger partial charge in [0, 0.05) is 5.57 Å². The van der Waals surface area contributed by atoms with Crippen molar-refractivity contribution in [1.29, 1.82) is 10.5 Å². The van der Waals surface area contributed by atoms with Crippen LogP contribution in [0.3, 0.4) is 0 Å². The largest absolute Gasteiger partial charge is 0.468 e. The number of ether oxygens (including phenoxy) is 1. The van der Waals surface area contributed by atoms with Gasteiger partial charge in [-0.1, -0.05) is 35.9 Å². The number of benzene rings is 1. The summed E-state index contributed by atoms with van der Waals surface area (Å²) in [6.45, 7) is 1.89. The van der Waals surface area contributed by atoms with Crippen LogP contribution in [0.1, 0.15) is 17.5 Å². The summed E-state index contributed by atoms with van der Waals surface area (Å²) in [5.41, 5.74) is -0.381. The highest BCUT2D eigenvalue weighted by atomic mass is 16.5. The van der Waals surface area contributed by atoms with Crippen LogP contribution >= 0.6 is 0 Å². The Labute approximate surface area is 134 Å². The molecular weight excluding hydrogens is 292 g/mol. The third-order valence-corrected chi connectivity index (χ3v) is 3.89. The first-order valence-electron chi connectivity index (χ1n) is 6.92. The van der Waals surface area contributed by atoms with E-state index in [0.29, 0.717) is 5.56 Å². The number of hydrogen-bond donors (Lipinski definition) is 0. The minimum Gasteiger partial charge on any atom is -0.468 e. The van der Waals surface area contributed by atoms with Crippen LogP contribution in [0.4, 0.5) is 0 Å². The van der Waals surface area contributed by atoms with Crippen LogP contribution in [-0.2, 0) is 14.3 Å². The Hall–Kier alpha value is -3.18. The maximum Gasteiger partial charge on any atom is 0.324 e. The van der Waals surface area contributed by atoms with E-state index < -0.39 is 17.2 Å².